The van der Waals surface area contributed by atoms with E-state index >= 15 is 0 Å². The maximum atomic E-state index is 8.36. The first kappa shape index (κ1) is 39.2. The van der Waals surface area contributed by atoms with Gasteiger partial charge in [0, 0.05) is 0 Å². The molecule has 0 aliphatic heterocycles. The topological polar surface area (TPSA) is 285 Å². The fraction of sp³-hybridized carbons (Fsp3) is 0. The second-order valence-corrected chi connectivity index (χ2v) is 0.714. The number of hydrogen-bond donors (Lipinski definition) is 3. The van der Waals surface area contributed by atoms with Crippen molar-refractivity contribution in [1.82, 2.24) is 0 Å². The molecule has 0 aromatic carbocycles. The van der Waals surface area contributed by atoms with Gasteiger partial charge in [-0.05, 0) is 0 Å². The molecule has 0 amide bonds. The highest BCUT2D eigenvalue weighted by molar-refractivity contribution is 3.84. The van der Waals surface area contributed by atoms with Crippen molar-refractivity contribution in [3.05, 3.63) is 30.3 Å². The van der Waals surface area contributed by atoms with Crippen LogP contribution in [0, 0.1) is 30.3 Å². The maximum absolute atomic E-state index is 8.36. The Morgan fingerprint density at radius 2 is 0.600 bits per heavy atom. The van der Waals surface area contributed by atoms with Gasteiger partial charge in [-0.1, -0.05) is 0 Å². The second kappa shape index (κ2) is 30.0. The van der Waals surface area contributed by atoms with E-state index in [1.165, 1.54) is 0 Å². The van der Waals surface area contributed by atoms with Crippen LogP contribution in [0.4, 0.5) is 0 Å². The summed E-state index contributed by atoms with van der Waals surface area (Å²) < 4.78 is 0. The van der Waals surface area contributed by atoms with Gasteiger partial charge in [0.1, 0.15) is 0 Å². The molecule has 0 bridgehead atoms. The molecule has 0 rings (SSSR count). The smallest absolute Gasteiger partial charge is 0.291 e. The average molecular weight is 243 g/mol. The van der Waals surface area contributed by atoms with Gasteiger partial charge in [-0.15, -0.1) is 30.3 Å². The Labute approximate surface area is 79.0 Å². The first-order valence-electron chi connectivity index (χ1n) is 1.70. The largest absolute Gasteiger partial charge is 0.412 e. The van der Waals surface area contributed by atoms with Crippen LogP contribution >= 0.6 is 0 Å². The van der Waals surface area contributed by atoms with E-state index in [1.54, 1.807) is 0 Å². The lowest BCUT2D eigenvalue weighted by Crippen LogP contribution is -1.81. The van der Waals surface area contributed by atoms with Gasteiger partial charge in [0.15, 0.2) is 0 Å². The van der Waals surface area contributed by atoms with Gasteiger partial charge in [-0.25, -0.2) is 0 Å². The lowest BCUT2D eigenvalue weighted by Gasteiger charge is -1.56. The highest BCUT2D eigenvalue weighted by atomic mass is 16.9. The van der Waals surface area contributed by atoms with Crippen molar-refractivity contribution in [2.75, 3.05) is 0 Å². The third kappa shape index (κ3) is 162. The highest BCUT2D eigenvalue weighted by Gasteiger charge is 1.66. The van der Waals surface area contributed by atoms with E-state index in [-0.39, 0.29) is 16.4 Å². The second-order valence-electron chi connectivity index (χ2n) is 0.714. The van der Waals surface area contributed by atoms with Crippen molar-refractivity contribution in [2.45, 2.75) is 0 Å². The van der Waals surface area contributed by atoms with Crippen molar-refractivity contribution < 1.29 is 47.3 Å². The van der Waals surface area contributed by atoms with Crippen molar-refractivity contribution >= 4 is 0 Å². The van der Waals surface area contributed by atoms with Gasteiger partial charge >= 0.3 is 0 Å². The van der Waals surface area contributed by atoms with Gasteiger partial charge in [0.25, 0.3) is 15.3 Å². The summed E-state index contributed by atoms with van der Waals surface area (Å²) in [7, 11) is 0. The zero-order valence-electron chi connectivity index (χ0n) is 6.63. The molecule has 0 radical (unpaired) electrons. The molecule has 0 saturated heterocycles. The number of hydrogen-bond acceptors (Lipinski definition) is 6. The number of rotatable bonds is 0. The minimum Gasteiger partial charge on any atom is -0.412 e. The quantitative estimate of drug-likeness (QED) is 0.280. The van der Waals surface area contributed by atoms with E-state index in [0.717, 1.165) is 0 Å². The Morgan fingerprint density at radius 1 is 0.600 bits per heavy atom. The Balaban J connectivity index is -0.0000000184. The van der Waals surface area contributed by atoms with Crippen LogP contribution in [-0.2, 0) is 0 Å². The first-order valence-corrected chi connectivity index (χ1v) is 1.70. The van der Waals surface area contributed by atoms with Gasteiger partial charge < -0.3 is 32.1 Å². The summed E-state index contributed by atoms with van der Waals surface area (Å²) in [5, 5.41) is 40.9. The third-order valence-corrected chi connectivity index (χ3v) is 0. The van der Waals surface area contributed by atoms with E-state index < -0.39 is 15.3 Å². The molecule has 0 aliphatic rings. The van der Waals surface area contributed by atoms with Crippen molar-refractivity contribution in [1.29, 1.82) is 0 Å². The zero-order valence-corrected chi connectivity index (χ0v) is 6.63. The molecule has 15 nitrogen and oxygen atoms in total. The lowest BCUT2D eigenvalue weighted by molar-refractivity contribution is -0.742. The fourth-order valence-corrected chi connectivity index (χ4v) is 0. The lowest BCUT2D eigenvalue weighted by atomic mass is 13.1. The summed E-state index contributed by atoms with van der Waals surface area (Å²) in [5.41, 5.74) is 0. The highest BCUT2D eigenvalue weighted by Crippen LogP contribution is 1.39. The summed E-state index contributed by atoms with van der Waals surface area (Å²) >= 11 is 0. The van der Waals surface area contributed by atoms with Crippen LogP contribution in [0.3, 0.4) is 0 Å². The van der Waals surface area contributed by atoms with Crippen molar-refractivity contribution in [2.24, 2.45) is 0 Å². The predicted octanol–water partition coefficient (Wildman–Crippen LogP) is -3.52. The summed E-state index contributed by atoms with van der Waals surface area (Å²) in [5.74, 6) is 0. The molecule has 0 unspecified atom stereocenters. The molecule has 15 heavy (non-hydrogen) atoms. The van der Waals surface area contributed by atoms with E-state index in [1.807, 2.05) is 0 Å². The van der Waals surface area contributed by atoms with Gasteiger partial charge in [-0.3, -0.25) is 0 Å². The molecule has 0 heterocycles. The summed E-state index contributed by atoms with van der Waals surface area (Å²) in [4.78, 5) is 25.1. The van der Waals surface area contributed by atoms with Crippen LogP contribution in [0.25, 0.3) is 0 Å². The molecule has 0 saturated carbocycles. The van der Waals surface area contributed by atoms with Gasteiger partial charge in [0.2, 0.25) is 0 Å². The Bertz CT molecular complexity index is 108. The van der Waals surface area contributed by atoms with Crippen molar-refractivity contribution in [3.8, 4) is 0 Å². The first-order chi connectivity index (χ1) is 5.20. The Hall–Kier alpha value is -2.52. The monoisotopic (exact) mass is 243 g/mol. The van der Waals surface area contributed by atoms with Crippen LogP contribution in [-0.4, -0.2) is 47.3 Å². The molecular weight excluding hydrogens is 234 g/mol. The normalized spacial score (nSPS) is 4.80. The average Bonchev–Trinajstić information content (AvgIpc) is 1.54. The van der Waals surface area contributed by atoms with Crippen LogP contribution in [0.2, 0.25) is 0 Å². The minimum atomic E-state index is -1.50. The maximum Gasteiger partial charge on any atom is 0.291 e. The van der Waals surface area contributed by atoms with E-state index in [0.29, 0.717) is 0 Å². The molecular formula is H9N3O12. The predicted molar refractivity (Wildman–Crippen MR) is 37.2 cm³/mol. The molecule has 0 aromatic rings. The summed E-state index contributed by atoms with van der Waals surface area (Å²) in [6.07, 6.45) is 0. The SMILES string of the molecule is O.O.O.O=[N+]([O-])O.O=[N+]([O-])O.O=[N+]([O-])O. The number of nitrogens with zero attached hydrogens (tertiary/aromatic N) is 3. The molecule has 0 spiro atoms. The molecule has 96 valence electrons. The Morgan fingerprint density at radius 3 is 0.600 bits per heavy atom. The molecule has 15 heteroatoms. The molecule has 9 N–H and O–H groups in total. The van der Waals surface area contributed by atoms with E-state index in [4.69, 9.17) is 46.0 Å². The fourth-order valence-electron chi connectivity index (χ4n) is 0. The summed E-state index contributed by atoms with van der Waals surface area (Å²) in [6.45, 7) is 0. The molecule has 0 aromatic heterocycles. The van der Waals surface area contributed by atoms with Crippen LogP contribution in [0.5, 0.6) is 0 Å². The minimum absolute atomic E-state index is 0. The van der Waals surface area contributed by atoms with Gasteiger partial charge in [0.05, 0.1) is 0 Å². The zero-order chi connectivity index (χ0) is 10.7. The van der Waals surface area contributed by atoms with Gasteiger partial charge in [-0.2, -0.15) is 0 Å². The standard InChI is InChI=1S/3HNO3.3H2O/c3*2-1(3)4;;;/h3*(H,2,3,4);3*1H2. The summed E-state index contributed by atoms with van der Waals surface area (Å²) in [6, 6.07) is 0. The van der Waals surface area contributed by atoms with Crippen molar-refractivity contribution in [3.63, 3.8) is 0 Å². The van der Waals surface area contributed by atoms with E-state index in [2.05, 4.69) is 0 Å². The van der Waals surface area contributed by atoms with E-state index in [9.17, 15) is 0 Å². The van der Waals surface area contributed by atoms with Crippen LogP contribution in [0.15, 0.2) is 0 Å². The van der Waals surface area contributed by atoms with Crippen LogP contribution < -0.4 is 0 Å². The molecule has 0 aliphatic carbocycles. The molecule has 0 atom stereocenters. The Kier molecular flexibility index (Phi) is 78.4. The third-order valence-electron chi connectivity index (χ3n) is 0. The van der Waals surface area contributed by atoms with Crippen LogP contribution in [0.1, 0.15) is 0 Å². The molecule has 0 fully saturated rings.